The lowest BCUT2D eigenvalue weighted by Crippen LogP contribution is -2.58. The molecule has 0 unspecified atom stereocenters. The minimum atomic E-state index is -1.67. The number of amides is 8. The molecule has 1 aliphatic heterocycles. The van der Waals surface area contributed by atoms with Crippen LogP contribution in [0, 0.1) is 5.92 Å². The standard InChI is InChI=1S/C45H56N8O15/c1-23(2)18-32-44(66)52-31(14-17-38(59)60)43(65)50-28(40(46)62)12-15-35(55)48-30(11-8-24-6-4-3-5-7-24)42(64)53-33(19-25-20-39(61)68-34-21-26(54)9-10-27(25)34)45(67)51-29(13-16-37(57)58)41(63)47-22-36(56)49-32/h3-7,9-10,20-21,23,28-33,54H,8,11-19,22H2,1-2H3,(H2,46,62)(H,47,63)(H,48,55)(H,49,56)(H,50,65)(H,51,67)(H,52,66)(H,53,64)(H,57,58)(H,59,60)/t28-,29-,30-,31-,32-,33-/m0/s1. The molecule has 8 amide bonds. The number of nitrogens with two attached hydrogens (primary N) is 1. The topological polar surface area (TPSA) is 372 Å². The van der Waals surface area contributed by atoms with E-state index >= 15 is 0 Å². The van der Waals surface area contributed by atoms with E-state index in [2.05, 4.69) is 37.2 Å². The number of primary amides is 1. The summed E-state index contributed by atoms with van der Waals surface area (Å²) in [5, 5.41) is 46.3. The zero-order chi connectivity index (χ0) is 50.1. The number of hydrogen-bond acceptors (Lipinski definition) is 13. The van der Waals surface area contributed by atoms with Gasteiger partial charge in [-0.1, -0.05) is 44.2 Å². The van der Waals surface area contributed by atoms with Gasteiger partial charge in [0.15, 0.2) is 0 Å². The number of carbonyl (C=O) groups is 10. The maximum Gasteiger partial charge on any atom is 0.336 e. The first-order chi connectivity index (χ1) is 32.2. The van der Waals surface area contributed by atoms with Crippen molar-refractivity contribution in [2.45, 2.75) is 114 Å². The van der Waals surface area contributed by atoms with Gasteiger partial charge in [-0.25, -0.2) is 4.79 Å². The van der Waals surface area contributed by atoms with Gasteiger partial charge >= 0.3 is 17.6 Å². The Balaban J connectivity index is 1.79. The average molecular weight is 949 g/mol. The van der Waals surface area contributed by atoms with Crippen LogP contribution < -0.4 is 48.6 Å². The number of aromatic hydroxyl groups is 1. The molecule has 2 heterocycles. The molecule has 1 aromatic heterocycles. The molecule has 23 nitrogen and oxygen atoms in total. The number of carboxylic acid groups (broad SMARTS) is 2. The van der Waals surface area contributed by atoms with Gasteiger partial charge in [-0.3, -0.25) is 47.9 Å². The maximum absolute atomic E-state index is 14.3. The first kappa shape index (κ1) is 52.8. The van der Waals surface area contributed by atoms with Crippen molar-refractivity contribution >= 4 is 70.2 Å². The molecule has 23 heteroatoms. The van der Waals surface area contributed by atoms with Gasteiger partial charge < -0.3 is 62.7 Å². The molecule has 68 heavy (non-hydrogen) atoms. The van der Waals surface area contributed by atoms with Gasteiger partial charge in [-0.15, -0.1) is 0 Å². The molecule has 0 bridgehead atoms. The van der Waals surface area contributed by atoms with Crippen molar-refractivity contribution in [3.05, 3.63) is 76.1 Å². The molecule has 366 valence electrons. The van der Waals surface area contributed by atoms with Crippen molar-refractivity contribution in [3.63, 3.8) is 0 Å². The fourth-order valence-electron chi connectivity index (χ4n) is 7.27. The van der Waals surface area contributed by atoms with E-state index < -0.39 is 153 Å². The average Bonchev–Trinajstić information content (AvgIpc) is 3.27. The van der Waals surface area contributed by atoms with Gasteiger partial charge in [0.1, 0.15) is 47.6 Å². The normalized spacial score (nSPS) is 21.8. The van der Waals surface area contributed by atoms with E-state index in [1.807, 2.05) is 0 Å². The summed E-state index contributed by atoms with van der Waals surface area (Å²) in [4.78, 5) is 145. The van der Waals surface area contributed by atoms with Gasteiger partial charge in [0.2, 0.25) is 47.3 Å². The highest BCUT2D eigenvalue weighted by Gasteiger charge is 2.34. The lowest BCUT2D eigenvalue weighted by atomic mass is 9.99. The Kier molecular flexibility index (Phi) is 19.5. The highest BCUT2D eigenvalue weighted by Crippen LogP contribution is 2.23. The second-order valence-corrected chi connectivity index (χ2v) is 16.6. The third-order valence-electron chi connectivity index (χ3n) is 10.7. The molecule has 6 atom stereocenters. The van der Waals surface area contributed by atoms with Crippen LogP contribution in [0.1, 0.15) is 76.3 Å². The zero-order valence-electron chi connectivity index (χ0n) is 37.3. The molecule has 3 aromatic rings. The predicted octanol–water partition coefficient (Wildman–Crippen LogP) is -1.25. The number of phenolic OH excluding ortho intramolecular Hbond substituents is 1. The highest BCUT2D eigenvalue weighted by molar-refractivity contribution is 5.97. The second kappa shape index (κ2) is 25.2. The number of phenols is 1. The Morgan fingerprint density at radius 3 is 1.85 bits per heavy atom. The third-order valence-corrected chi connectivity index (χ3v) is 10.7. The zero-order valence-corrected chi connectivity index (χ0v) is 37.3. The summed E-state index contributed by atoms with van der Waals surface area (Å²) in [6.07, 6.45) is -3.59. The van der Waals surface area contributed by atoms with E-state index in [1.165, 1.54) is 12.1 Å². The van der Waals surface area contributed by atoms with Gasteiger partial charge in [-0.2, -0.15) is 0 Å². The van der Waals surface area contributed by atoms with Crippen LogP contribution in [-0.4, -0.2) is 117 Å². The van der Waals surface area contributed by atoms with Gasteiger partial charge in [0, 0.05) is 43.2 Å². The number of carboxylic acids is 2. The first-order valence-electron chi connectivity index (χ1n) is 21.8. The van der Waals surface area contributed by atoms with E-state index in [4.69, 9.17) is 10.2 Å². The number of aliphatic carboxylic acids is 2. The Hall–Kier alpha value is -7.85. The summed E-state index contributed by atoms with van der Waals surface area (Å²) < 4.78 is 5.23. The smallest absolute Gasteiger partial charge is 0.336 e. The van der Waals surface area contributed by atoms with Crippen molar-refractivity contribution in [2.75, 3.05) is 6.54 Å². The number of nitrogens with one attached hydrogen (secondary N) is 7. The van der Waals surface area contributed by atoms with Gasteiger partial charge in [0.25, 0.3) is 0 Å². The highest BCUT2D eigenvalue weighted by atomic mass is 16.4. The Bertz CT molecular complexity index is 2420. The molecule has 1 fully saturated rings. The molecular weight excluding hydrogens is 893 g/mol. The van der Waals surface area contributed by atoms with Crippen molar-refractivity contribution in [1.29, 1.82) is 0 Å². The Morgan fingerprint density at radius 1 is 0.676 bits per heavy atom. The fraction of sp³-hybridized carbons (Fsp3) is 0.444. The van der Waals surface area contributed by atoms with Crippen LogP contribution >= 0.6 is 0 Å². The molecule has 2 aromatic carbocycles. The molecule has 0 spiro atoms. The number of fused-ring (bicyclic) bond motifs is 1. The molecule has 4 rings (SSSR count). The summed E-state index contributed by atoms with van der Waals surface area (Å²) in [5.74, 6) is -11.1. The second-order valence-electron chi connectivity index (χ2n) is 16.6. The summed E-state index contributed by atoms with van der Waals surface area (Å²) in [6, 6.07) is 4.43. The van der Waals surface area contributed by atoms with Crippen LogP contribution in [0.3, 0.4) is 0 Å². The number of rotatable bonds is 14. The van der Waals surface area contributed by atoms with Gasteiger partial charge in [-0.05, 0) is 67.7 Å². The number of benzene rings is 2. The largest absolute Gasteiger partial charge is 0.508 e. The molecular formula is C45H56N8O15. The molecule has 0 saturated carbocycles. The number of carbonyl (C=O) groups excluding carboxylic acids is 8. The minimum Gasteiger partial charge on any atom is -0.508 e. The van der Waals surface area contributed by atoms with Crippen molar-refractivity contribution in [2.24, 2.45) is 11.7 Å². The van der Waals surface area contributed by atoms with E-state index in [1.54, 1.807) is 44.2 Å². The third kappa shape index (κ3) is 16.9. The number of aryl methyl sites for hydroxylation is 1. The maximum atomic E-state index is 14.3. The van der Waals surface area contributed by atoms with Crippen LogP contribution in [0.2, 0.25) is 0 Å². The van der Waals surface area contributed by atoms with E-state index in [0.29, 0.717) is 0 Å². The molecule has 1 saturated heterocycles. The summed E-state index contributed by atoms with van der Waals surface area (Å²) in [5.41, 5.74) is 5.51. The number of hydrogen-bond donors (Lipinski definition) is 11. The fourth-order valence-corrected chi connectivity index (χ4v) is 7.27. The Labute approximate surface area is 388 Å². The SMILES string of the molecule is CC(C)C[C@@H]1NC(=O)CNC(=O)[C@H](CCC(=O)O)NC(=O)[C@H](Cc2cc(=O)oc3cc(O)ccc23)NC(=O)[C@H](CCc2ccccc2)NC(=O)CC[C@@H](C(N)=O)NC(=O)[C@H](CCC(=O)O)NC1=O. The van der Waals surface area contributed by atoms with E-state index in [0.717, 1.165) is 17.7 Å². The molecule has 12 N–H and O–H groups in total. The van der Waals surface area contributed by atoms with Crippen molar-refractivity contribution in [3.8, 4) is 5.75 Å². The van der Waals surface area contributed by atoms with Crippen molar-refractivity contribution in [1.82, 2.24) is 37.2 Å². The van der Waals surface area contributed by atoms with Gasteiger partial charge in [0.05, 0.1) is 6.54 Å². The van der Waals surface area contributed by atoms with E-state index in [-0.39, 0.29) is 47.5 Å². The van der Waals surface area contributed by atoms with E-state index in [9.17, 15) is 68.1 Å². The lowest BCUT2D eigenvalue weighted by molar-refractivity contribution is -0.139. The summed E-state index contributed by atoms with van der Waals surface area (Å²) in [6.45, 7) is 2.61. The minimum absolute atomic E-state index is 0.0195. The summed E-state index contributed by atoms with van der Waals surface area (Å²) in [7, 11) is 0. The molecule has 0 radical (unpaired) electrons. The van der Waals surface area contributed by atoms with Crippen LogP contribution in [0.4, 0.5) is 0 Å². The first-order valence-corrected chi connectivity index (χ1v) is 21.8. The van der Waals surface area contributed by atoms with Crippen LogP contribution in [0.15, 0.2) is 63.8 Å². The van der Waals surface area contributed by atoms with Crippen molar-refractivity contribution < 1.29 is 67.7 Å². The van der Waals surface area contributed by atoms with Crippen LogP contribution in [-0.2, 0) is 60.8 Å². The Morgan fingerprint density at radius 2 is 1.24 bits per heavy atom. The lowest BCUT2D eigenvalue weighted by Gasteiger charge is -2.26. The summed E-state index contributed by atoms with van der Waals surface area (Å²) >= 11 is 0. The van der Waals surface area contributed by atoms with Crippen LogP contribution in [0.25, 0.3) is 11.0 Å². The quantitative estimate of drug-likeness (QED) is 0.0842. The predicted molar refractivity (Wildman–Crippen MR) is 239 cm³/mol. The monoisotopic (exact) mass is 948 g/mol. The molecule has 1 aliphatic rings. The molecule has 0 aliphatic carbocycles. The van der Waals surface area contributed by atoms with Crippen LogP contribution in [0.5, 0.6) is 5.75 Å².